The van der Waals surface area contributed by atoms with Gasteiger partial charge in [-0.1, -0.05) is 22.9 Å². The Morgan fingerprint density at radius 3 is 2.81 bits per heavy atom. The van der Waals surface area contributed by atoms with Crippen LogP contribution in [-0.2, 0) is 7.05 Å². The highest BCUT2D eigenvalue weighted by molar-refractivity contribution is 7.22. The second-order valence-electron chi connectivity index (χ2n) is 4.79. The SMILES string of the molecule is Cc1c(Cl)ccc2sc(NC(=O)c3cc(C)n(C)n3)nc12. The van der Waals surface area contributed by atoms with Gasteiger partial charge >= 0.3 is 0 Å². The number of thiazole rings is 1. The van der Waals surface area contributed by atoms with Crippen LogP contribution in [0.1, 0.15) is 21.7 Å². The van der Waals surface area contributed by atoms with Gasteiger partial charge in [-0.25, -0.2) is 4.98 Å². The van der Waals surface area contributed by atoms with E-state index in [-0.39, 0.29) is 5.91 Å². The minimum atomic E-state index is -0.262. The van der Waals surface area contributed by atoms with E-state index in [0.717, 1.165) is 21.5 Å². The lowest BCUT2D eigenvalue weighted by Crippen LogP contribution is -2.12. The number of aryl methyl sites for hydroxylation is 3. The maximum absolute atomic E-state index is 12.2. The van der Waals surface area contributed by atoms with Crippen molar-refractivity contribution in [2.45, 2.75) is 13.8 Å². The molecule has 0 saturated heterocycles. The highest BCUT2D eigenvalue weighted by atomic mass is 35.5. The molecule has 7 heteroatoms. The predicted octanol–water partition coefficient (Wildman–Crippen LogP) is 3.55. The summed E-state index contributed by atoms with van der Waals surface area (Å²) in [6.07, 6.45) is 0. The van der Waals surface area contributed by atoms with Crippen molar-refractivity contribution >= 4 is 44.2 Å². The first-order valence-electron chi connectivity index (χ1n) is 6.33. The maximum Gasteiger partial charge on any atom is 0.277 e. The summed E-state index contributed by atoms with van der Waals surface area (Å²) >= 11 is 7.50. The number of carbonyl (C=O) groups is 1. The summed E-state index contributed by atoms with van der Waals surface area (Å²) < 4.78 is 2.65. The molecule has 0 atom stereocenters. The first-order chi connectivity index (χ1) is 9.95. The van der Waals surface area contributed by atoms with E-state index >= 15 is 0 Å². The normalized spacial score (nSPS) is 11.0. The molecule has 108 valence electrons. The summed E-state index contributed by atoms with van der Waals surface area (Å²) in [4.78, 5) is 16.6. The molecule has 0 spiro atoms. The van der Waals surface area contributed by atoms with Gasteiger partial charge < -0.3 is 0 Å². The standard InChI is InChI=1S/C14H13ClN4OS/c1-7-6-10(18-19(7)3)13(20)17-14-16-12-8(2)9(15)4-5-11(12)21-14/h4-6H,1-3H3,(H,16,17,20). The molecule has 0 aliphatic heterocycles. The number of hydrogen-bond donors (Lipinski definition) is 1. The van der Waals surface area contributed by atoms with Gasteiger partial charge in [0.25, 0.3) is 5.91 Å². The molecule has 0 bridgehead atoms. The first-order valence-corrected chi connectivity index (χ1v) is 7.53. The van der Waals surface area contributed by atoms with Crippen LogP contribution in [0.5, 0.6) is 0 Å². The molecular weight excluding hydrogens is 308 g/mol. The molecule has 0 aliphatic rings. The first kappa shape index (κ1) is 14.0. The third kappa shape index (κ3) is 2.52. The fraction of sp³-hybridized carbons (Fsp3) is 0.214. The van der Waals surface area contributed by atoms with Crippen molar-refractivity contribution in [3.8, 4) is 0 Å². The van der Waals surface area contributed by atoms with Gasteiger partial charge in [-0.3, -0.25) is 14.8 Å². The van der Waals surface area contributed by atoms with Gasteiger partial charge in [-0.15, -0.1) is 0 Å². The molecule has 0 radical (unpaired) electrons. The topological polar surface area (TPSA) is 59.8 Å². The number of nitrogens with one attached hydrogen (secondary N) is 1. The number of halogens is 1. The molecule has 1 N–H and O–H groups in total. The number of hydrogen-bond acceptors (Lipinski definition) is 4. The monoisotopic (exact) mass is 320 g/mol. The average molecular weight is 321 g/mol. The molecule has 2 heterocycles. The van der Waals surface area contributed by atoms with Crippen LogP contribution in [-0.4, -0.2) is 20.7 Å². The maximum atomic E-state index is 12.2. The van der Waals surface area contributed by atoms with Gasteiger partial charge in [0.15, 0.2) is 10.8 Å². The van der Waals surface area contributed by atoms with E-state index in [1.54, 1.807) is 17.8 Å². The number of carbonyl (C=O) groups excluding carboxylic acids is 1. The summed E-state index contributed by atoms with van der Waals surface area (Å²) in [7, 11) is 1.80. The fourth-order valence-corrected chi connectivity index (χ4v) is 3.06. The van der Waals surface area contributed by atoms with Crippen LogP contribution in [0, 0.1) is 13.8 Å². The second-order valence-corrected chi connectivity index (χ2v) is 6.22. The molecular formula is C14H13ClN4OS. The lowest BCUT2D eigenvalue weighted by atomic mass is 10.2. The Kier molecular flexibility index (Phi) is 3.43. The number of rotatable bonds is 2. The Hall–Kier alpha value is -1.92. The van der Waals surface area contributed by atoms with Crippen LogP contribution < -0.4 is 5.32 Å². The Balaban J connectivity index is 1.91. The summed E-state index contributed by atoms with van der Waals surface area (Å²) in [5, 5.41) is 8.15. The van der Waals surface area contributed by atoms with Crippen LogP contribution in [0.2, 0.25) is 5.02 Å². The average Bonchev–Trinajstić information content (AvgIpc) is 2.99. The van der Waals surface area contributed by atoms with Crippen LogP contribution in [0.25, 0.3) is 10.2 Å². The summed E-state index contributed by atoms with van der Waals surface area (Å²) in [6, 6.07) is 5.48. The zero-order valence-corrected chi connectivity index (χ0v) is 13.3. The van der Waals surface area contributed by atoms with E-state index in [1.165, 1.54) is 11.3 Å². The zero-order valence-electron chi connectivity index (χ0n) is 11.8. The summed E-state index contributed by atoms with van der Waals surface area (Å²) in [5.41, 5.74) is 3.04. The summed E-state index contributed by atoms with van der Waals surface area (Å²) in [5.74, 6) is -0.262. The highest BCUT2D eigenvalue weighted by Gasteiger charge is 2.14. The molecule has 5 nitrogen and oxygen atoms in total. The molecule has 2 aromatic heterocycles. The molecule has 1 aromatic carbocycles. The van der Waals surface area contributed by atoms with Crippen molar-refractivity contribution < 1.29 is 4.79 Å². The van der Waals surface area contributed by atoms with Gasteiger partial charge in [-0.2, -0.15) is 5.10 Å². The van der Waals surface area contributed by atoms with Crippen molar-refractivity contribution in [1.82, 2.24) is 14.8 Å². The number of fused-ring (bicyclic) bond motifs is 1. The molecule has 0 aliphatic carbocycles. The van der Waals surface area contributed by atoms with E-state index in [4.69, 9.17) is 11.6 Å². The minimum Gasteiger partial charge on any atom is -0.296 e. The van der Waals surface area contributed by atoms with E-state index in [1.807, 2.05) is 26.0 Å². The molecule has 0 unspecified atom stereocenters. The summed E-state index contributed by atoms with van der Waals surface area (Å²) in [6.45, 7) is 3.81. The number of aromatic nitrogens is 3. The third-order valence-corrected chi connectivity index (χ3v) is 4.66. The van der Waals surface area contributed by atoms with Crippen molar-refractivity contribution in [2.75, 3.05) is 5.32 Å². The number of amides is 1. The Bertz CT molecular complexity index is 833. The van der Waals surface area contributed by atoms with Crippen LogP contribution in [0.3, 0.4) is 0 Å². The number of anilines is 1. The highest BCUT2D eigenvalue weighted by Crippen LogP contribution is 2.31. The lowest BCUT2D eigenvalue weighted by molar-refractivity contribution is 0.102. The fourth-order valence-electron chi connectivity index (χ4n) is 1.99. The van der Waals surface area contributed by atoms with Gasteiger partial charge in [0, 0.05) is 17.8 Å². The van der Waals surface area contributed by atoms with Gasteiger partial charge in [0.05, 0.1) is 10.2 Å². The largest absolute Gasteiger partial charge is 0.296 e. The van der Waals surface area contributed by atoms with E-state index in [9.17, 15) is 4.79 Å². The van der Waals surface area contributed by atoms with Gasteiger partial charge in [-0.05, 0) is 37.6 Å². The number of benzene rings is 1. The van der Waals surface area contributed by atoms with E-state index in [0.29, 0.717) is 15.8 Å². The van der Waals surface area contributed by atoms with Crippen LogP contribution in [0.4, 0.5) is 5.13 Å². The number of nitrogens with zero attached hydrogens (tertiary/aromatic N) is 3. The molecule has 21 heavy (non-hydrogen) atoms. The van der Waals surface area contributed by atoms with Crippen LogP contribution in [0.15, 0.2) is 18.2 Å². The van der Waals surface area contributed by atoms with E-state index < -0.39 is 0 Å². The molecule has 0 fully saturated rings. The quantitative estimate of drug-likeness (QED) is 0.785. The smallest absolute Gasteiger partial charge is 0.277 e. The van der Waals surface area contributed by atoms with Gasteiger partial charge in [0.1, 0.15) is 0 Å². The Labute approximate surface area is 130 Å². The Morgan fingerprint density at radius 2 is 2.14 bits per heavy atom. The zero-order chi connectivity index (χ0) is 15.1. The molecule has 3 rings (SSSR count). The van der Waals surface area contributed by atoms with Crippen molar-refractivity contribution in [1.29, 1.82) is 0 Å². The third-order valence-electron chi connectivity index (χ3n) is 3.31. The van der Waals surface area contributed by atoms with Gasteiger partial charge in [0.2, 0.25) is 0 Å². The molecule has 0 saturated carbocycles. The molecule has 3 aromatic rings. The Morgan fingerprint density at radius 1 is 1.38 bits per heavy atom. The van der Waals surface area contributed by atoms with Crippen LogP contribution >= 0.6 is 22.9 Å². The van der Waals surface area contributed by atoms with E-state index in [2.05, 4.69) is 15.4 Å². The lowest BCUT2D eigenvalue weighted by Gasteiger charge is -1.97. The van der Waals surface area contributed by atoms with Crippen molar-refractivity contribution in [2.24, 2.45) is 7.05 Å². The minimum absolute atomic E-state index is 0.262. The molecule has 1 amide bonds. The van der Waals surface area contributed by atoms with Crippen molar-refractivity contribution in [3.05, 3.63) is 40.2 Å². The second kappa shape index (κ2) is 5.13. The predicted molar refractivity (Wildman–Crippen MR) is 85.3 cm³/mol. The van der Waals surface area contributed by atoms with Crippen molar-refractivity contribution in [3.63, 3.8) is 0 Å².